The quantitative estimate of drug-likeness (QED) is 0.823. The largest absolute Gasteiger partial charge is 0.311 e. The number of piperidine rings is 1. The Morgan fingerprint density at radius 2 is 2.00 bits per heavy atom. The Kier molecular flexibility index (Phi) is 4.82. The number of aryl methyl sites for hydroxylation is 1. The number of thiophene rings is 1. The van der Waals surface area contributed by atoms with Crippen LogP contribution in [0.1, 0.15) is 36.4 Å². The molecule has 18 heavy (non-hydrogen) atoms. The van der Waals surface area contributed by atoms with Gasteiger partial charge < -0.3 is 10.2 Å². The minimum absolute atomic E-state index is 0.568. The summed E-state index contributed by atoms with van der Waals surface area (Å²) in [4.78, 5) is 5.45. The first-order valence-electron chi connectivity index (χ1n) is 7.04. The van der Waals surface area contributed by atoms with Crippen molar-refractivity contribution in [1.82, 2.24) is 10.2 Å². The molecular formula is C15H26N2S. The SMILES string of the molecule is Cc1ccc(CNCCN2CCC(C)(C)CC2)s1. The minimum Gasteiger partial charge on any atom is -0.311 e. The van der Waals surface area contributed by atoms with Crippen LogP contribution in [-0.4, -0.2) is 31.1 Å². The van der Waals surface area contributed by atoms with E-state index in [9.17, 15) is 0 Å². The van der Waals surface area contributed by atoms with E-state index in [1.54, 1.807) is 0 Å². The van der Waals surface area contributed by atoms with Gasteiger partial charge in [-0.25, -0.2) is 0 Å². The van der Waals surface area contributed by atoms with Gasteiger partial charge in [-0.2, -0.15) is 0 Å². The summed E-state index contributed by atoms with van der Waals surface area (Å²) >= 11 is 1.90. The topological polar surface area (TPSA) is 15.3 Å². The minimum atomic E-state index is 0.568. The van der Waals surface area contributed by atoms with E-state index in [1.807, 2.05) is 11.3 Å². The van der Waals surface area contributed by atoms with E-state index in [0.29, 0.717) is 5.41 Å². The second-order valence-corrected chi connectivity index (χ2v) is 7.57. The zero-order valence-corrected chi connectivity index (χ0v) is 12.8. The maximum absolute atomic E-state index is 3.55. The molecule has 0 unspecified atom stereocenters. The van der Waals surface area contributed by atoms with E-state index in [0.717, 1.165) is 13.1 Å². The second kappa shape index (κ2) is 6.18. The summed E-state index contributed by atoms with van der Waals surface area (Å²) in [5.41, 5.74) is 0.568. The van der Waals surface area contributed by atoms with Gasteiger partial charge in [0.05, 0.1) is 0 Å². The van der Waals surface area contributed by atoms with Crippen LogP contribution < -0.4 is 5.32 Å². The number of nitrogens with one attached hydrogen (secondary N) is 1. The van der Waals surface area contributed by atoms with Gasteiger partial charge in [-0.3, -0.25) is 0 Å². The number of rotatable bonds is 5. The lowest BCUT2D eigenvalue weighted by Crippen LogP contribution is -2.40. The van der Waals surface area contributed by atoms with Crippen LogP contribution in [0.3, 0.4) is 0 Å². The van der Waals surface area contributed by atoms with Gasteiger partial charge in [-0.05, 0) is 50.4 Å². The molecule has 2 heterocycles. The molecule has 0 spiro atoms. The van der Waals surface area contributed by atoms with Crippen molar-refractivity contribution in [1.29, 1.82) is 0 Å². The molecular weight excluding hydrogens is 240 g/mol. The molecule has 0 bridgehead atoms. The fraction of sp³-hybridized carbons (Fsp3) is 0.733. The summed E-state index contributed by atoms with van der Waals surface area (Å²) in [5, 5.41) is 3.55. The van der Waals surface area contributed by atoms with Crippen LogP contribution >= 0.6 is 11.3 Å². The van der Waals surface area contributed by atoms with Crippen LogP contribution in [-0.2, 0) is 6.54 Å². The average molecular weight is 266 g/mol. The Morgan fingerprint density at radius 3 is 2.61 bits per heavy atom. The van der Waals surface area contributed by atoms with Gasteiger partial charge >= 0.3 is 0 Å². The third-order valence-electron chi connectivity index (χ3n) is 3.91. The maximum atomic E-state index is 3.55. The molecule has 1 N–H and O–H groups in total. The van der Waals surface area contributed by atoms with Crippen LogP contribution in [0.2, 0.25) is 0 Å². The van der Waals surface area contributed by atoms with E-state index in [2.05, 4.69) is 43.1 Å². The molecule has 1 aliphatic heterocycles. The van der Waals surface area contributed by atoms with Crippen molar-refractivity contribution in [2.24, 2.45) is 5.41 Å². The lowest BCUT2D eigenvalue weighted by atomic mass is 9.83. The number of hydrogen-bond donors (Lipinski definition) is 1. The molecule has 102 valence electrons. The van der Waals surface area contributed by atoms with Crippen LogP contribution in [0.25, 0.3) is 0 Å². The Hall–Kier alpha value is -0.380. The van der Waals surface area contributed by atoms with Crippen LogP contribution in [0.15, 0.2) is 12.1 Å². The second-order valence-electron chi connectivity index (χ2n) is 6.19. The first-order valence-corrected chi connectivity index (χ1v) is 7.85. The molecule has 0 aromatic carbocycles. The third-order valence-corrected chi connectivity index (χ3v) is 4.91. The number of nitrogens with zero attached hydrogens (tertiary/aromatic N) is 1. The number of likely N-dealkylation sites (tertiary alicyclic amines) is 1. The molecule has 1 aromatic rings. The molecule has 0 aliphatic carbocycles. The van der Waals surface area contributed by atoms with Crippen molar-refractivity contribution in [2.75, 3.05) is 26.2 Å². The zero-order valence-electron chi connectivity index (χ0n) is 12.0. The molecule has 1 aliphatic rings. The van der Waals surface area contributed by atoms with E-state index < -0.39 is 0 Å². The summed E-state index contributed by atoms with van der Waals surface area (Å²) < 4.78 is 0. The van der Waals surface area contributed by atoms with Crippen molar-refractivity contribution in [3.63, 3.8) is 0 Å². The fourth-order valence-corrected chi connectivity index (χ4v) is 3.27. The lowest BCUT2D eigenvalue weighted by Gasteiger charge is -2.36. The van der Waals surface area contributed by atoms with Gasteiger partial charge in [0.2, 0.25) is 0 Å². The van der Waals surface area contributed by atoms with Crippen molar-refractivity contribution in [3.05, 3.63) is 21.9 Å². The van der Waals surface area contributed by atoms with Gasteiger partial charge in [0.15, 0.2) is 0 Å². The first kappa shape index (κ1) is 14.0. The summed E-state index contributed by atoms with van der Waals surface area (Å²) in [6.45, 7) is 12.8. The molecule has 3 heteroatoms. The maximum Gasteiger partial charge on any atom is 0.0300 e. The lowest BCUT2D eigenvalue weighted by molar-refractivity contribution is 0.133. The molecule has 0 atom stereocenters. The van der Waals surface area contributed by atoms with Gasteiger partial charge in [0.25, 0.3) is 0 Å². The predicted octanol–water partition coefficient (Wildman–Crippen LogP) is 3.27. The van der Waals surface area contributed by atoms with Gasteiger partial charge in [0, 0.05) is 29.4 Å². The highest BCUT2D eigenvalue weighted by atomic mass is 32.1. The zero-order chi connectivity index (χ0) is 13.0. The Labute approximate surface area is 115 Å². The normalized spacial score (nSPS) is 20.2. The van der Waals surface area contributed by atoms with Gasteiger partial charge in [-0.15, -0.1) is 11.3 Å². The Bertz CT molecular complexity index is 360. The molecule has 2 nitrogen and oxygen atoms in total. The monoisotopic (exact) mass is 266 g/mol. The average Bonchev–Trinajstić information content (AvgIpc) is 2.72. The molecule has 0 amide bonds. The van der Waals surface area contributed by atoms with E-state index in [4.69, 9.17) is 0 Å². The molecule has 2 rings (SSSR count). The third kappa shape index (κ3) is 4.38. The van der Waals surface area contributed by atoms with Gasteiger partial charge in [0.1, 0.15) is 0 Å². The number of hydrogen-bond acceptors (Lipinski definition) is 3. The van der Waals surface area contributed by atoms with E-state index >= 15 is 0 Å². The van der Waals surface area contributed by atoms with Crippen molar-refractivity contribution in [2.45, 2.75) is 40.2 Å². The molecule has 0 radical (unpaired) electrons. The predicted molar refractivity (Wildman–Crippen MR) is 80.2 cm³/mol. The van der Waals surface area contributed by atoms with E-state index in [1.165, 1.54) is 42.2 Å². The Morgan fingerprint density at radius 1 is 1.28 bits per heavy atom. The highest BCUT2D eigenvalue weighted by Crippen LogP contribution is 2.29. The van der Waals surface area contributed by atoms with Crippen LogP contribution in [0, 0.1) is 12.3 Å². The first-order chi connectivity index (χ1) is 8.55. The summed E-state index contributed by atoms with van der Waals surface area (Å²) in [6, 6.07) is 4.44. The van der Waals surface area contributed by atoms with Crippen LogP contribution in [0.5, 0.6) is 0 Å². The van der Waals surface area contributed by atoms with Crippen molar-refractivity contribution < 1.29 is 0 Å². The van der Waals surface area contributed by atoms with Crippen molar-refractivity contribution in [3.8, 4) is 0 Å². The van der Waals surface area contributed by atoms with E-state index in [-0.39, 0.29) is 0 Å². The summed E-state index contributed by atoms with van der Waals surface area (Å²) in [7, 11) is 0. The standard InChI is InChI=1S/C15H26N2S/c1-13-4-5-14(18-13)12-16-8-11-17-9-6-15(2,3)7-10-17/h4-5,16H,6-12H2,1-3H3. The van der Waals surface area contributed by atoms with Crippen LogP contribution in [0.4, 0.5) is 0 Å². The fourth-order valence-electron chi connectivity index (χ4n) is 2.41. The van der Waals surface area contributed by atoms with Gasteiger partial charge in [-0.1, -0.05) is 13.8 Å². The van der Waals surface area contributed by atoms with Crippen molar-refractivity contribution >= 4 is 11.3 Å². The smallest absolute Gasteiger partial charge is 0.0300 e. The molecule has 1 saturated heterocycles. The highest BCUT2D eigenvalue weighted by molar-refractivity contribution is 7.11. The molecule has 1 aromatic heterocycles. The molecule has 1 fully saturated rings. The summed E-state index contributed by atoms with van der Waals surface area (Å²) in [5.74, 6) is 0. The summed E-state index contributed by atoms with van der Waals surface area (Å²) in [6.07, 6.45) is 2.69. The Balaban J connectivity index is 1.59. The molecule has 0 saturated carbocycles. The highest BCUT2D eigenvalue weighted by Gasteiger charge is 2.24.